The van der Waals surface area contributed by atoms with Crippen LogP contribution in [-0.2, 0) is 13.2 Å². The van der Waals surface area contributed by atoms with E-state index in [2.05, 4.69) is 10.1 Å². The lowest BCUT2D eigenvalue weighted by atomic mass is 10.2. The predicted molar refractivity (Wildman–Crippen MR) is 61.5 cm³/mol. The minimum absolute atomic E-state index is 0.0477. The van der Waals surface area contributed by atoms with Crippen molar-refractivity contribution in [1.82, 2.24) is 14.8 Å². The first-order valence-electron chi connectivity index (χ1n) is 4.71. The zero-order valence-electron chi connectivity index (χ0n) is 8.96. The minimum Gasteiger partial charge on any atom is -0.263 e. The van der Waals surface area contributed by atoms with E-state index >= 15 is 0 Å². The van der Waals surface area contributed by atoms with Crippen LogP contribution in [0.3, 0.4) is 0 Å². The Labute approximate surface area is 110 Å². The maximum Gasteiger partial charge on any atom is 0.433 e. The van der Waals surface area contributed by atoms with Crippen molar-refractivity contribution >= 4 is 23.2 Å². The first kappa shape index (κ1) is 13.2. The Morgan fingerprint density at radius 3 is 2.39 bits per heavy atom. The van der Waals surface area contributed by atoms with Crippen LogP contribution in [0.2, 0.25) is 10.0 Å². The zero-order chi connectivity index (χ0) is 13.5. The van der Waals surface area contributed by atoms with E-state index in [1.165, 1.54) is 19.3 Å². The Morgan fingerprint density at radius 2 is 1.89 bits per heavy atom. The second kappa shape index (κ2) is 4.44. The van der Waals surface area contributed by atoms with Gasteiger partial charge < -0.3 is 0 Å². The highest BCUT2D eigenvalue weighted by molar-refractivity contribution is 6.35. The summed E-state index contributed by atoms with van der Waals surface area (Å²) in [7, 11) is 1.20. The summed E-state index contributed by atoms with van der Waals surface area (Å²) < 4.78 is 38.6. The molecule has 0 aliphatic carbocycles. The lowest BCUT2D eigenvalue weighted by Crippen LogP contribution is -2.11. The Bertz CT molecular complexity index is 593. The molecule has 0 N–H and O–H groups in total. The van der Waals surface area contributed by atoms with Crippen LogP contribution in [0.4, 0.5) is 13.2 Å². The zero-order valence-corrected chi connectivity index (χ0v) is 10.5. The van der Waals surface area contributed by atoms with Crippen molar-refractivity contribution < 1.29 is 13.2 Å². The first-order chi connectivity index (χ1) is 8.29. The van der Waals surface area contributed by atoms with Crippen LogP contribution in [0, 0.1) is 0 Å². The molecule has 3 nitrogen and oxygen atoms in total. The van der Waals surface area contributed by atoms with Gasteiger partial charge in [-0.1, -0.05) is 23.2 Å². The summed E-state index contributed by atoms with van der Waals surface area (Å²) in [5, 5.41) is 4.19. The number of rotatable bonds is 1. The highest BCUT2D eigenvalue weighted by atomic mass is 35.5. The maximum absolute atomic E-state index is 12.6. The minimum atomic E-state index is -4.47. The van der Waals surface area contributed by atoms with Gasteiger partial charge in [-0.25, -0.2) is 0 Å². The Morgan fingerprint density at radius 1 is 1.22 bits per heavy atom. The van der Waals surface area contributed by atoms with E-state index in [9.17, 15) is 13.2 Å². The SMILES string of the molecule is Cn1nc(-c2ncc(Cl)cc2Cl)cc1C(F)(F)F. The summed E-state index contributed by atoms with van der Waals surface area (Å²) in [6.45, 7) is 0. The van der Waals surface area contributed by atoms with E-state index in [0.29, 0.717) is 5.02 Å². The molecule has 0 atom stereocenters. The summed E-state index contributed by atoms with van der Waals surface area (Å²) >= 11 is 11.5. The number of aromatic nitrogens is 3. The van der Waals surface area contributed by atoms with Gasteiger partial charge in [-0.2, -0.15) is 18.3 Å². The first-order valence-corrected chi connectivity index (χ1v) is 5.47. The van der Waals surface area contributed by atoms with E-state index in [0.717, 1.165) is 10.7 Å². The Hall–Kier alpha value is -1.27. The van der Waals surface area contributed by atoms with E-state index in [1.54, 1.807) is 0 Å². The fraction of sp³-hybridized carbons (Fsp3) is 0.200. The van der Waals surface area contributed by atoms with Crippen molar-refractivity contribution in [1.29, 1.82) is 0 Å². The molecular formula is C10H6Cl2F3N3. The lowest BCUT2D eigenvalue weighted by molar-refractivity contribution is -0.143. The molecule has 0 amide bonds. The molecule has 0 bridgehead atoms. The van der Waals surface area contributed by atoms with E-state index in [4.69, 9.17) is 23.2 Å². The molecule has 0 saturated heterocycles. The molecule has 0 fully saturated rings. The second-order valence-electron chi connectivity index (χ2n) is 3.52. The average molecular weight is 296 g/mol. The van der Waals surface area contributed by atoms with Crippen molar-refractivity contribution in [3.8, 4) is 11.4 Å². The van der Waals surface area contributed by atoms with Crippen LogP contribution in [0.1, 0.15) is 5.69 Å². The van der Waals surface area contributed by atoms with Crippen molar-refractivity contribution in [2.75, 3.05) is 0 Å². The van der Waals surface area contributed by atoms with Crippen molar-refractivity contribution in [2.45, 2.75) is 6.18 Å². The van der Waals surface area contributed by atoms with Gasteiger partial charge in [-0.3, -0.25) is 9.67 Å². The molecule has 0 spiro atoms. The van der Waals surface area contributed by atoms with Gasteiger partial charge in [0.05, 0.1) is 10.0 Å². The van der Waals surface area contributed by atoms with Crippen LogP contribution in [0.5, 0.6) is 0 Å². The molecular weight excluding hydrogens is 290 g/mol. The Balaban J connectivity index is 2.53. The molecule has 0 radical (unpaired) electrons. The molecule has 0 aliphatic heterocycles. The fourth-order valence-electron chi connectivity index (χ4n) is 1.45. The molecule has 0 unspecified atom stereocenters. The van der Waals surface area contributed by atoms with Crippen LogP contribution in [0.15, 0.2) is 18.3 Å². The van der Waals surface area contributed by atoms with Crippen molar-refractivity contribution in [3.05, 3.63) is 34.1 Å². The third-order valence-electron chi connectivity index (χ3n) is 2.22. The molecule has 96 valence electrons. The molecule has 2 aromatic heterocycles. The number of hydrogen-bond donors (Lipinski definition) is 0. The van der Waals surface area contributed by atoms with Gasteiger partial charge >= 0.3 is 6.18 Å². The molecule has 2 heterocycles. The number of nitrogens with zero attached hydrogens (tertiary/aromatic N) is 3. The monoisotopic (exact) mass is 295 g/mol. The number of aryl methyl sites for hydroxylation is 1. The highest BCUT2D eigenvalue weighted by Gasteiger charge is 2.35. The maximum atomic E-state index is 12.6. The number of alkyl halides is 3. The Kier molecular flexibility index (Phi) is 3.25. The van der Waals surface area contributed by atoms with Gasteiger partial charge in [0.15, 0.2) is 0 Å². The summed E-state index contributed by atoms with van der Waals surface area (Å²) in [5.74, 6) is 0. The summed E-state index contributed by atoms with van der Waals surface area (Å²) in [5.41, 5.74) is -0.663. The third kappa shape index (κ3) is 2.44. The van der Waals surface area contributed by atoms with E-state index in [1.807, 2.05) is 0 Å². The second-order valence-corrected chi connectivity index (χ2v) is 4.36. The molecule has 2 aromatic rings. The van der Waals surface area contributed by atoms with E-state index < -0.39 is 11.9 Å². The van der Waals surface area contributed by atoms with Crippen LogP contribution < -0.4 is 0 Å². The molecule has 0 aromatic carbocycles. The van der Waals surface area contributed by atoms with Gasteiger partial charge in [0.2, 0.25) is 0 Å². The van der Waals surface area contributed by atoms with Crippen LogP contribution in [-0.4, -0.2) is 14.8 Å². The van der Waals surface area contributed by atoms with Crippen LogP contribution >= 0.6 is 23.2 Å². The number of pyridine rings is 1. The fourth-order valence-corrected chi connectivity index (χ4v) is 1.93. The van der Waals surface area contributed by atoms with Crippen LogP contribution in [0.25, 0.3) is 11.4 Å². The van der Waals surface area contributed by atoms with E-state index in [-0.39, 0.29) is 16.4 Å². The lowest BCUT2D eigenvalue weighted by Gasteiger charge is -2.04. The third-order valence-corrected chi connectivity index (χ3v) is 2.72. The predicted octanol–water partition coefficient (Wildman–Crippen LogP) is 3.81. The highest BCUT2D eigenvalue weighted by Crippen LogP contribution is 2.33. The largest absolute Gasteiger partial charge is 0.433 e. The van der Waals surface area contributed by atoms with Gasteiger partial charge in [-0.05, 0) is 12.1 Å². The normalized spacial score (nSPS) is 11.9. The average Bonchev–Trinajstić information content (AvgIpc) is 2.59. The van der Waals surface area contributed by atoms with Gasteiger partial charge in [0.25, 0.3) is 0 Å². The van der Waals surface area contributed by atoms with Crippen molar-refractivity contribution in [2.24, 2.45) is 7.05 Å². The topological polar surface area (TPSA) is 30.7 Å². The summed E-state index contributed by atoms with van der Waals surface area (Å²) in [4.78, 5) is 3.88. The molecule has 2 rings (SSSR count). The van der Waals surface area contributed by atoms with Gasteiger partial charge in [-0.15, -0.1) is 0 Å². The molecule has 18 heavy (non-hydrogen) atoms. The van der Waals surface area contributed by atoms with Gasteiger partial charge in [0.1, 0.15) is 17.1 Å². The van der Waals surface area contributed by atoms with Crippen molar-refractivity contribution in [3.63, 3.8) is 0 Å². The molecule has 8 heteroatoms. The molecule has 0 aliphatic rings. The summed E-state index contributed by atoms with van der Waals surface area (Å²) in [6.07, 6.45) is -3.18. The standard InChI is InChI=1S/C10H6Cl2F3N3/c1-18-8(10(13,14)15)3-7(17-18)9-6(12)2-5(11)4-16-9/h2-4H,1H3. The quantitative estimate of drug-likeness (QED) is 0.801. The van der Waals surface area contributed by atoms with Gasteiger partial charge in [0, 0.05) is 13.2 Å². The summed E-state index contributed by atoms with van der Waals surface area (Å²) in [6, 6.07) is 2.29. The number of hydrogen-bond acceptors (Lipinski definition) is 2. The smallest absolute Gasteiger partial charge is 0.263 e. The number of halogens is 5. The molecule has 0 saturated carbocycles.